The van der Waals surface area contributed by atoms with Crippen LogP contribution in [0.3, 0.4) is 0 Å². The molecule has 0 aliphatic carbocycles. The molecule has 0 unspecified atom stereocenters. The summed E-state index contributed by atoms with van der Waals surface area (Å²) in [5.74, 6) is 0.254. The molecule has 1 heterocycles. The Bertz CT molecular complexity index is 439. The van der Waals surface area contributed by atoms with Crippen molar-refractivity contribution < 1.29 is 4.79 Å². The Morgan fingerprint density at radius 2 is 2.15 bits per heavy atom. The van der Waals surface area contributed by atoms with E-state index in [0.29, 0.717) is 19.0 Å². The molecule has 0 saturated carbocycles. The van der Waals surface area contributed by atoms with Crippen LogP contribution < -0.4 is 11.1 Å². The third-order valence-electron chi connectivity index (χ3n) is 3.83. The molecule has 1 saturated heterocycles. The highest BCUT2D eigenvalue weighted by molar-refractivity contribution is 5.76. The number of nitrogens with zero attached hydrogens (tertiary/aromatic N) is 1. The van der Waals surface area contributed by atoms with Gasteiger partial charge in [-0.2, -0.15) is 0 Å². The average Bonchev–Trinajstić information content (AvgIpc) is 2.45. The quantitative estimate of drug-likeness (QED) is 0.865. The number of aryl methyl sites for hydroxylation is 1. The monoisotopic (exact) mass is 275 g/mol. The van der Waals surface area contributed by atoms with Gasteiger partial charge in [0.1, 0.15) is 0 Å². The maximum absolute atomic E-state index is 11.9. The molecule has 1 aromatic carbocycles. The van der Waals surface area contributed by atoms with E-state index in [9.17, 15) is 4.79 Å². The van der Waals surface area contributed by atoms with E-state index in [1.54, 1.807) is 0 Å². The van der Waals surface area contributed by atoms with Crippen molar-refractivity contribution in [2.24, 2.45) is 5.73 Å². The molecule has 1 fully saturated rings. The number of nitrogens with one attached hydrogen (secondary N) is 1. The van der Waals surface area contributed by atoms with Crippen molar-refractivity contribution in [1.82, 2.24) is 4.90 Å². The van der Waals surface area contributed by atoms with Gasteiger partial charge < -0.3 is 16.0 Å². The van der Waals surface area contributed by atoms with Gasteiger partial charge in [-0.15, -0.1) is 0 Å². The molecule has 0 atom stereocenters. The lowest BCUT2D eigenvalue weighted by Gasteiger charge is -2.33. The average molecular weight is 275 g/mol. The van der Waals surface area contributed by atoms with Crippen molar-refractivity contribution in [3.05, 3.63) is 29.8 Å². The molecule has 0 bridgehead atoms. The molecule has 0 radical (unpaired) electrons. The van der Waals surface area contributed by atoms with E-state index < -0.39 is 0 Å². The second-order valence-corrected chi connectivity index (χ2v) is 5.56. The van der Waals surface area contributed by atoms with Gasteiger partial charge in [0.2, 0.25) is 5.91 Å². The molecule has 0 spiro atoms. The molecule has 1 amide bonds. The highest BCUT2D eigenvalue weighted by atomic mass is 16.2. The van der Waals surface area contributed by atoms with Crippen molar-refractivity contribution in [2.75, 3.05) is 25.0 Å². The largest absolute Gasteiger partial charge is 0.382 e. The fourth-order valence-electron chi connectivity index (χ4n) is 2.66. The highest BCUT2D eigenvalue weighted by Gasteiger charge is 2.22. The molecule has 3 N–H and O–H groups in total. The van der Waals surface area contributed by atoms with Crippen LogP contribution in [0.1, 0.15) is 31.2 Å². The summed E-state index contributed by atoms with van der Waals surface area (Å²) in [6.07, 6.45) is 3.41. The number of piperidine rings is 1. The molecule has 1 aromatic rings. The van der Waals surface area contributed by atoms with Crippen LogP contribution in [0.15, 0.2) is 24.3 Å². The van der Waals surface area contributed by atoms with Gasteiger partial charge >= 0.3 is 0 Å². The summed E-state index contributed by atoms with van der Waals surface area (Å²) in [6, 6.07) is 8.91. The lowest BCUT2D eigenvalue weighted by molar-refractivity contribution is -0.132. The van der Waals surface area contributed by atoms with Crippen LogP contribution in [0, 0.1) is 6.92 Å². The van der Waals surface area contributed by atoms with Crippen molar-refractivity contribution in [3.8, 4) is 0 Å². The Labute approximate surface area is 121 Å². The zero-order valence-corrected chi connectivity index (χ0v) is 12.3. The minimum Gasteiger partial charge on any atom is -0.382 e. The third-order valence-corrected chi connectivity index (χ3v) is 3.83. The Morgan fingerprint density at radius 1 is 1.40 bits per heavy atom. The summed E-state index contributed by atoms with van der Waals surface area (Å²) in [5.41, 5.74) is 7.89. The summed E-state index contributed by atoms with van der Waals surface area (Å²) in [7, 11) is 0. The molecule has 1 aliphatic rings. The maximum Gasteiger partial charge on any atom is 0.222 e. The number of hydrogen-bond donors (Lipinski definition) is 2. The predicted octanol–water partition coefficient (Wildman–Crippen LogP) is 2.14. The van der Waals surface area contributed by atoms with E-state index in [1.807, 2.05) is 4.90 Å². The normalized spacial score (nSPS) is 16.2. The number of amides is 1. The van der Waals surface area contributed by atoms with Crippen LogP contribution in [0.4, 0.5) is 5.69 Å². The van der Waals surface area contributed by atoms with Gasteiger partial charge in [0.25, 0.3) is 0 Å². The van der Waals surface area contributed by atoms with Crippen molar-refractivity contribution in [1.29, 1.82) is 0 Å². The minimum atomic E-state index is 0.254. The molecule has 20 heavy (non-hydrogen) atoms. The van der Waals surface area contributed by atoms with Crippen LogP contribution in [-0.4, -0.2) is 36.5 Å². The number of anilines is 1. The van der Waals surface area contributed by atoms with E-state index in [1.165, 1.54) is 11.3 Å². The van der Waals surface area contributed by atoms with E-state index >= 15 is 0 Å². The summed E-state index contributed by atoms with van der Waals surface area (Å²) in [5, 5.41) is 3.57. The molecule has 0 aromatic heterocycles. The van der Waals surface area contributed by atoms with Crippen LogP contribution in [0.25, 0.3) is 0 Å². The number of carbonyl (C=O) groups excluding carboxylic acids is 1. The fourth-order valence-corrected chi connectivity index (χ4v) is 2.66. The number of likely N-dealkylation sites (tertiary alicyclic amines) is 1. The van der Waals surface area contributed by atoms with Crippen LogP contribution in [-0.2, 0) is 4.79 Å². The van der Waals surface area contributed by atoms with E-state index in [0.717, 1.165) is 32.4 Å². The smallest absolute Gasteiger partial charge is 0.222 e. The Hall–Kier alpha value is -1.55. The molecular formula is C16H25N3O. The maximum atomic E-state index is 11.9. The van der Waals surface area contributed by atoms with Crippen LogP contribution in [0.2, 0.25) is 0 Å². The number of rotatable bonds is 5. The van der Waals surface area contributed by atoms with Gasteiger partial charge in [0.15, 0.2) is 0 Å². The summed E-state index contributed by atoms with van der Waals surface area (Å²) in [4.78, 5) is 13.9. The van der Waals surface area contributed by atoms with E-state index in [2.05, 4.69) is 36.5 Å². The first-order valence-corrected chi connectivity index (χ1v) is 7.50. The molecule has 110 valence electrons. The molecule has 4 heteroatoms. The van der Waals surface area contributed by atoms with Crippen LogP contribution >= 0.6 is 0 Å². The van der Waals surface area contributed by atoms with Gasteiger partial charge in [-0.25, -0.2) is 0 Å². The Morgan fingerprint density at radius 3 is 2.80 bits per heavy atom. The Balaban J connectivity index is 1.78. The second kappa shape index (κ2) is 7.29. The molecular weight excluding hydrogens is 250 g/mol. The van der Waals surface area contributed by atoms with Crippen molar-refractivity contribution in [2.45, 2.75) is 38.6 Å². The van der Waals surface area contributed by atoms with Crippen LogP contribution in [0.5, 0.6) is 0 Å². The summed E-state index contributed by atoms with van der Waals surface area (Å²) >= 11 is 0. The standard InChI is InChI=1S/C16H25N3O/c1-13-4-2-5-15(12-13)18-14-7-10-19(11-8-14)16(20)6-3-9-17/h2,4-5,12,14,18H,3,6-11,17H2,1H3. The van der Waals surface area contributed by atoms with Gasteiger partial charge in [0, 0.05) is 31.2 Å². The summed E-state index contributed by atoms with van der Waals surface area (Å²) < 4.78 is 0. The SMILES string of the molecule is Cc1cccc(NC2CCN(C(=O)CCCN)CC2)c1. The minimum absolute atomic E-state index is 0.254. The van der Waals surface area contributed by atoms with E-state index in [-0.39, 0.29) is 5.91 Å². The fraction of sp³-hybridized carbons (Fsp3) is 0.562. The second-order valence-electron chi connectivity index (χ2n) is 5.56. The van der Waals surface area contributed by atoms with Gasteiger partial charge in [-0.05, 0) is 50.4 Å². The van der Waals surface area contributed by atoms with Gasteiger partial charge in [-0.3, -0.25) is 4.79 Å². The number of benzene rings is 1. The topological polar surface area (TPSA) is 58.4 Å². The first-order chi connectivity index (χ1) is 9.69. The first-order valence-electron chi connectivity index (χ1n) is 7.50. The predicted molar refractivity (Wildman–Crippen MR) is 82.7 cm³/mol. The zero-order valence-electron chi connectivity index (χ0n) is 12.3. The van der Waals surface area contributed by atoms with Gasteiger partial charge in [-0.1, -0.05) is 12.1 Å². The van der Waals surface area contributed by atoms with E-state index in [4.69, 9.17) is 5.73 Å². The van der Waals surface area contributed by atoms with Gasteiger partial charge in [0.05, 0.1) is 0 Å². The molecule has 1 aliphatic heterocycles. The lowest BCUT2D eigenvalue weighted by atomic mass is 10.0. The Kier molecular flexibility index (Phi) is 5.41. The third kappa shape index (κ3) is 4.23. The lowest BCUT2D eigenvalue weighted by Crippen LogP contribution is -2.42. The highest BCUT2D eigenvalue weighted by Crippen LogP contribution is 2.18. The first kappa shape index (κ1) is 14.9. The number of nitrogens with two attached hydrogens (primary N) is 1. The molecule has 2 rings (SSSR count). The number of carbonyl (C=O) groups is 1. The number of hydrogen-bond acceptors (Lipinski definition) is 3. The molecule has 4 nitrogen and oxygen atoms in total. The van der Waals surface area contributed by atoms with Crippen molar-refractivity contribution in [3.63, 3.8) is 0 Å². The van der Waals surface area contributed by atoms with Crippen molar-refractivity contribution >= 4 is 11.6 Å². The summed E-state index contributed by atoms with van der Waals surface area (Å²) in [6.45, 7) is 4.40. The zero-order chi connectivity index (χ0) is 14.4.